The Morgan fingerprint density at radius 1 is 1.33 bits per heavy atom. The van der Waals surface area contributed by atoms with Crippen molar-refractivity contribution in [3.05, 3.63) is 18.2 Å². The van der Waals surface area contributed by atoms with Gasteiger partial charge in [-0.15, -0.1) is 0 Å². The first-order valence-electron chi connectivity index (χ1n) is 8.11. The van der Waals surface area contributed by atoms with Gasteiger partial charge in [0.05, 0.1) is 12.1 Å². The van der Waals surface area contributed by atoms with Crippen molar-refractivity contribution in [3.8, 4) is 5.75 Å². The van der Waals surface area contributed by atoms with Crippen LogP contribution in [0.3, 0.4) is 0 Å². The molecule has 0 aliphatic heterocycles. The van der Waals surface area contributed by atoms with Crippen molar-refractivity contribution >= 4 is 17.0 Å². The summed E-state index contributed by atoms with van der Waals surface area (Å²) in [5.74, 6) is 2.12. The van der Waals surface area contributed by atoms with Crippen LogP contribution in [-0.4, -0.2) is 16.2 Å². The van der Waals surface area contributed by atoms with Gasteiger partial charge in [-0.3, -0.25) is 0 Å². The summed E-state index contributed by atoms with van der Waals surface area (Å²) in [7, 11) is 0. The molecule has 1 heterocycles. The van der Waals surface area contributed by atoms with Crippen molar-refractivity contribution < 1.29 is 4.74 Å². The lowest BCUT2D eigenvalue weighted by Gasteiger charge is -2.31. The highest BCUT2D eigenvalue weighted by Gasteiger charge is 2.26. The quantitative estimate of drug-likeness (QED) is 0.918. The van der Waals surface area contributed by atoms with E-state index < -0.39 is 0 Å². The Kier molecular flexibility index (Phi) is 4.04. The molecule has 1 aromatic carbocycles. The molecule has 4 nitrogen and oxygen atoms in total. The molecule has 2 unspecified atom stereocenters. The maximum Gasteiger partial charge on any atom is 0.201 e. The Morgan fingerprint density at radius 3 is 2.90 bits per heavy atom. The molecule has 0 radical (unpaired) electrons. The summed E-state index contributed by atoms with van der Waals surface area (Å²) >= 11 is 0. The Bertz CT molecular complexity index is 620. The number of nitrogen functional groups attached to an aromatic ring is 1. The first kappa shape index (κ1) is 14.2. The number of anilines is 1. The fourth-order valence-electron chi connectivity index (χ4n) is 3.47. The molecule has 1 fully saturated rings. The van der Waals surface area contributed by atoms with Gasteiger partial charge in [0.2, 0.25) is 5.95 Å². The van der Waals surface area contributed by atoms with Crippen molar-refractivity contribution in [1.82, 2.24) is 9.55 Å². The summed E-state index contributed by atoms with van der Waals surface area (Å²) < 4.78 is 8.05. The summed E-state index contributed by atoms with van der Waals surface area (Å²) in [6, 6.07) is 6.60. The third kappa shape index (κ3) is 2.59. The number of para-hydroxylation sites is 1. The lowest BCUT2D eigenvalue weighted by Crippen LogP contribution is -2.22. The molecule has 1 aromatic heterocycles. The van der Waals surface area contributed by atoms with E-state index in [1.54, 1.807) is 0 Å². The highest BCUT2D eigenvalue weighted by atomic mass is 16.5. The van der Waals surface area contributed by atoms with Gasteiger partial charge in [0.1, 0.15) is 11.3 Å². The Morgan fingerprint density at radius 2 is 2.14 bits per heavy atom. The molecule has 2 N–H and O–H groups in total. The lowest BCUT2D eigenvalue weighted by molar-refractivity contribution is 0.264. The third-order valence-corrected chi connectivity index (χ3v) is 4.57. The van der Waals surface area contributed by atoms with E-state index in [0.717, 1.165) is 23.2 Å². The van der Waals surface area contributed by atoms with E-state index in [1.807, 2.05) is 12.1 Å². The predicted molar refractivity (Wildman–Crippen MR) is 86.6 cm³/mol. The lowest BCUT2D eigenvalue weighted by atomic mass is 9.85. The number of aromatic nitrogens is 2. The zero-order valence-corrected chi connectivity index (χ0v) is 13.0. The fourth-order valence-corrected chi connectivity index (χ4v) is 3.47. The van der Waals surface area contributed by atoms with Gasteiger partial charge in [-0.05, 0) is 37.3 Å². The maximum absolute atomic E-state index is 6.24. The third-order valence-electron chi connectivity index (χ3n) is 4.57. The minimum atomic E-state index is 0.463. The second-order valence-corrected chi connectivity index (χ2v) is 6.14. The number of imidazole rings is 1. The van der Waals surface area contributed by atoms with Gasteiger partial charge in [-0.25, -0.2) is 4.98 Å². The van der Waals surface area contributed by atoms with Gasteiger partial charge in [-0.1, -0.05) is 32.8 Å². The van der Waals surface area contributed by atoms with Crippen LogP contribution in [0.2, 0.25) is 0 Å². The molecule has 21 heavy (non-hydrogen) atoms. The topological polar surface area (TPSA) is 53.1 Å². The highest BCUT2D eigenvalue weighted by Crippen LogP contribution is 2.38. The number of fused-ring (bicyclic) bond motifs is 1. The number of hydrogen-bond donors (Lipinski definition) is 1. The smallest absolute Gasteiger partial charge is 0.201 e. The monoisotopic (exact) mass is 287 g/mol. The molecule has 1 aliphatic rings. The molecule has 0 spiro atoms. The molecule has 0 amide bonds. The van der Waals surface area contributed by atoms with Crippen LogP contribution in [-0.2, 0) is 0 Å². The van der Waals surface area contributed by atoms with E-state index in [2.05, 4.69) is 29.5 Å². The SMILES string of the molecule is CCCOc1cccc2c1nc(N)n2C1CCCCC1C. The second kappa shape index (κ2) is 5.96. The van der Waals surface area contributed by atoms with Gasteiger partial charge in [0.25, 0.3) is 0 Å². The average molecular weight is 287 g/mol. The standard InChI is InChI=1S/C17H25N3O/c1-3-11-21-15-10-6-9-14-16(15)19-17(18)20(14)13-8-5-4-7-12(13)2/h6,9-10,12-13H,3-5,7-8,11H2,1-2H3,(H2,18,19). The molecule has 1 aliphatic carbocycles. The molecule has 0 saturated heterocycles. The summed E-state index contributed by atoms with van der Waals surface area (Å²) in [4.78, 5) is 4.59. The summed E-state index contributed by atoms with van der Waals surface area (Å²) in [6.07, 6.45) is 6.06. The van der Waals surface area contributed by atoms with Crippen molar-refractivity contribution in [2.75, 3.05) is 12.3 Å². The van der Waals surface area contributed by atoms with Gasteiger partial charge >= 0.3 is 0 Å². The van der Waals surface area contributed by atoms with Crippen LogP contribution in [0, 0.1) is 5.92 Å². The fraction of sp³-hybridized carbons (Fsp3) is 0.588. The average Bonchev–Trinajstić information content (AvgIpc) is 2.82. The van der Waals surface area contributed by atoms with E-state index in [0.29, 0.717) is 24.5 Å². The van der Waals surface area contributed by atoms with Crippen molar-refractivity contribution in [1.29, 1.82) is 0 Å². The van der Waals surface area contributed by atoms with E-state index in [1.165, 1.54) is 25.7 Å². The number of ether oxygens (including phenoxy) is 1. The maximum atomic E-state index is 6.24. The summed E-state index contributed by atoms with van der Waals surface area (Å²) in [5.41, 5.74) is 8.26. The number of nitrogens with two attached hydrogens (primary N) is 1. The Hall–Kier alpha value is -1.71. The van der Waals surface area contributed by atoms with Crippen molar-refractivity contribution in [2.24, 2.45) is 5.92 Å². The molecule has 2 aromatic rings. The molecule has 2 atom stereocenters. The van der Waals surface area contributed by atoms with Crippen LogP contribution in [0.25, 0.3) is 11.0 Å². The van der Waals surface area contributed by atoms with Gasteiger partial charge in [-0.2, -0.15) is 0 Å². The Labute approximate surface area is 126 Å². The second-order valence-electron chi connectivity index (χ2n) is 6.14. The normalized spacial score (nSPS) is 22.6. The first-order chi connectivity index (χ1) is 10.2. The molecule has 1 saturated carbocycles. The van der Waals surface area contributed by atoms with Gasteiger partial charge < -0.3 is 15.0 Å². The number of hydrogen-bond acceptors (Lipinski definition) is 3. The zero-order chi connectivity index (χ0) is 14.8. The van der Waals surface area contributed by atoms with E-state index in [4.69, 9.17) is 10.5 Å². The van der Waals surface area contributed by atoms with E-state index >= 15 is 0 Å². The van der Waals surface area contributed by atoms with Crippen LogP contribution in [0.5, 0.6) is 5.75 Å². The zero-order valence-electron chi connectivity index (χ0n) is 13.0. The van der Waals surface area contributed by atoms with Crippen LogP contribution < -0.4 is 10.5 Å². The molecule has 3 rings (SSSR count). The molecular weight excluding hydrogens is 262 g/mol. The minimum Gasteiger partial charge on any atom is -0.491 e. The molecular formula is C17H25N3O. The minimum absolute atomic E-state index is 0.463. The van der Waals surface area contributed by atoms with Crippen LogP contribution in [0.4, 0.5) is 5.95 Å². The van der Waals surface area contributed by atoms with Crippen LogP contribution in [0.1, 0.15) is 52.0 Å². The van der Waals surface area contributed by atoms with E-state index in [-0.39, 0.29) is 0 Å². The molecule has 114 valence electrons. The molecule has 0 bridgehead atoms. The van der Waals surface area contributed by atoms with Crippen LogP contribution >= 0.6 is 0 Å². The first-order valence-corrected chi connectivity index (χ1v) is 8.11. The van der Waals surface area contributed by atoms with Crippen molar-refractivity contribution in [2.45, 2.75) is 52.0 Å². The largest absolute Gasteiger partial charge is 0.491 e. The van der Waals surface area contributed by atoms with E-state index in [9.17, 15) is 0 Å². The van der Waals surface area contributed by atoms with Crippen molar-refractivity contribution in [3.63, 3.8) is 0 Å². The molecule has 4 heteroatoms. The number of benzene rings is 1. The number of nitrogens with zero attached hydrogens (tertiary/aromatic N) is 2. The van der Waals surface area contributed by atoms with Gasteiger partial charge in [0, 0.05) is 6.04 Å². The summed E-state index contributed by atoms with van der Waals surface area (Å²) in [5, 5.41) is 0. The van der Waals surface area contributed by atoms with Gasteiger partial charge in [0.15, 0.2) is 0 Å². The predicted octanol–water partition coefficient (Wildman–Crippen LogP) is 4.16. The number of rotatable bonds is 4. The summed E-state index contributed by atoms with van der Waals surface area (Å²) in [6.45, 7) is 5.15. The Balaban J connectivity index is 2.04. The highest BCUT2D eigenvalue weighted by molar-refractivity contribution is 5.84. The van der Waals surface area contributed by atoms with Crippen LogP contribution in [0.15, 0.2) is 18.2 Å².